The summed E-state index contributed by atoms with van der Waals surface area (Å²) in [6.07, 6.45) is 1.23. The van der Waals surface area contributed by atoms with Gasteiger partial charge in [0.05, 0.1) is 5.56 Å². The summed E-state index contributed by atoms with van der Waals surface area (Å²) in [5, 5.41) is 11.5. The molecule has 1 amide bonds. The predicted molar refractivity (Wildman–Crippen MR) is 75.2 cm³/mol. The van der Waals surface area contributed by atoms with Crippen molar-refractivity contribution in [2.45, 2.75) is 13.5 Å². The molecule has 2 rings (SSSR count). The molecule has 6 heteroatoms. The Bertz CT molecular complexity index is 653. The van der Waals surface area contributed by atoms with Gasteiger partial charge in [-0.05, 0) is 23.8 Å². The van der Waals surface area contributed by atoms with Gasteiger partial charge in [-0.2, -0.15) is 0 Å². The van der Waals surface area contributed by atoms with Crippen molar-refractivity contribution in [3.05, 3.63) is 53.7 Å². The van der Waals surface area contributed by atoms with Crippen molar-refractivity contribution in [3.8, 4) is 11.6 Å². The zero-order valence-corrected chi connectivity index (χ0v) is 11.4. The summed E-state index contributed by atoms with van der Waals surface area (Å²) in [7, 11) is 0. The molecule has 1 heterocycles. The number of carbonyl (C=O) groups excluding carboxylic acids is 1. The highest BCUT2D eigenvalue weighted by molar-refractivity contribution is 5.87. The molecular formula is C15H14N2O4. The average molecular weight is 286 g/mol. The minimum Gasteiger partial charge on any atom is -0.478 e. The number of aromatic carboxylic acids is 1. The molecule has 2 aromatic rings. The number of benzene rings is 1. The summed E-state index contributed by atoms with van der Waals surface area (Å²) >= 11 is 0. The summed E-state index contributed by atoms with van der Waals surface area (Å²) in [5.74, 6) is -0.274. The first-order valence-corrected chi connectivity index (χ1v) is 6.25. The predicted octanol–water partition coefficient (Wildman–Crippen LogP) is 2.21. The van der Waals surface area contributed by atoms with Crippen LogP contribution in [0, 0.1) is 0 Å². The zero-order valence-electron chi connectivity index (χ0n) is 11.4. The molecule has 0 saturated carbocycles. The number of carbonyl (C=O) groups is 2. The van der Waals surface area contributed by atoms with Gasteiger partial charge in [0.1, 0.15) is 5.75 Å². The number of nitrogens with one attached hydrogen (secondary N) is 1. The Labute approximate surface area is 121 Å². The highest BCUT2D eigenvalue weighted by Crippen LogP contribution is 2.20. The molecule has 1 aromatic heterocycles. The molecule has 0 bridgehead atoms. The van der Waals surface area contributed by atoms with Gasteiger partial charge < -0.3 is 15.2 Å². The van der Waals surface area contributed by atoms with Crippen LogP contribution in [0.5, 0.6) is 11.6 Å². The van der Waals surface area contributed by atoms with E-state index in [0.717, 1.165) is 5.56 Å². The lowest BCUT2D eigenvalue weighted by Crippen LogP contribution is -2.18. The summed E-state index contributed by atoms with van der Waals surface area (Å²) in [6, 6.07) is 10.1. The molecule has 0 fully saturated rings. The molecule has 0 aliphatic carbocycles. The smallest absolute Gasteiger partial charge is 0.337 e. The fourth-order valence-electron chi connectivity index (χ4n) is 1.63. The molecule has 108 valence electrons. The lowest BCUT2D eigenvalue weighted by Gasteiger charge is -2.07. The van der Waals surface area contributed by atoms with E-state index in [-0.39, 0.29) is 11.5 Å². The maximum absolute atomic E-state index is 10.9. The van der Waals surface area contributed by atoms with Crippen LogP contribution in [0.25, 0.3) is 0 Å². The number of rotatable bonds is 5. The highest BCUT2D eigenvalue weighted by Gasteiger charge is 2.05. The van der Waals surface area contributed by atoms with Crippen LogP contribution in [0.4, 0.5) is 0 Å². The summed E-state index contributed by atoms with van der Waals surface area (Å²) in [5.41, 5.74) is 0.992. The Hall–Kier alpha value is -2.89. The van der Waals surface area contributed by atoms with Gasteiger partial charge in [0, 0.05) is 25.7 Å². The topological polar surface area (TPSA) is 88.5 Å². The number of hydrogen-bond donors (Lipinski definition) is 2. The Morgan fingerprint density at radius 2 is 2.10 bits per heavy atom. The number of ether oxygens (including phenoxy) is 1. The highest BCUT2D eigenvalue weighted by atomic mass is 16.5. The number of carboxylic acids is 1. The first-order valence-electron chi connectivity index (χ1n) is 6.25. The molecule has 0 saturated heterocycles. The Morgan fingerprint density at radius 3 is 2.71 bits per heavy atom. The molecule has 0 aliphatic heterocycles. The third kappa shape index (κ3) is 4.31. The standard InChI is InChI=1S/C15H14N2O4/c1-10(18)16-8-11-3-2-4-13(7-11)21-14-6-5-12(9-17-14)15(19)20/h2-7,9H,8H2,1H3,(H,16,18)(H,19,20). The van der Waals surface area contributed by atoms with Gasteiger partial charge in [-0.1, -0.05) is 12.1 Å². The molecule has 1 aromatic carbocycles. The van der Waals surface area contributed by atoms with Gasteiger partial charge in [0.15, 0.2) is 0 Å². The normalized spacial score (nSPS) is 9.95. The minimum atomic E-state index is -1.04. The van der Waals surface area contributed by atoms with E-state index in [4.69, 9.17) is 9.84 Å². The maximum atomic E-state index is 10.9. The van der Waals surface area contributed by atoms with Crippen LogP contribution in [-0.2, 0) is 11.3 Å². The Kier molecular flexibility index (Phi) is 4.50. The van der Waals surface area contributed by atoms with Crippen molar-refractivity contribution >= 4 is 11.9 Å². The van der Waals surface area contributed by atoms with Crippen molar-refractivity contribution in [1.29, 1.82) is 0 Å². The summed E-state index contributed by atoms with van der Waals surface area (Å²) < 4.78 is 5.54. The molecule has 0 atom stereocenters. The van der Waals surface area contributed by atoms with E-state index >= 15 is 0 Å². The molecule has 21 heavy (non-hydrogen) atoms. The quantitative estimate of drug-likeness (QED) is 0.879. The average Bonchev–Trinajstić information content (AvgIpc) is 2.46. The second-order valence-corrected chi connectivity index (χ2v) is 4.35. The Balaban J connectivity index is 2.06. The number of amides is 1. The van der Waals surface area contributed by atoms with Gasteiger partial charge >= 0.3 is 5.97 Å². The van der Waals surface area contributed by atoms with E-state index < -0.39 is 5.97 Å². The van der Waals surface area contributed by atoms with Crippen LogP contribution in [0.3, 0.4) is 0 Å². The van der Waals surface area contributed by atoms with Crippen molar-refractivity contribution in [3.63, 3.8) is 0 Å². The first-order chi connectivity index (χ1) is 10.0. The van der Waals surface area contributed by atoms with Crippen molar-refractivity contribution in [2.75, 3.05) is 0 Å². The lowest BCUT2D eigenvalue weighted by molar-refractivity contribution is -0.119. The molecular weight excluding hydrogens is 272 g/mol. The summed E-state index contributed by atoms with van der Waals surface area (Å²) in [4.78, 5) is 25.5. The first kappa shape index (κ1) is 14.5. The molecule has 0 aliphatic rings. The monoisotopic (exact) mass is 286 g/mol. The lowest BCUT2D eigenvalue weighted by atomic mass is 10.2. The van der Waals surface area contributed by atoms with Crippen LogP contribution in [0.1, 0.15) is 22.8 Å². The maximum Gasteiger partial charge on any atom is 0.337 e. The van der Waals surface area contributed by atoms with Crippen LogP contribution in [-0.4, -0.2) is 22.0 Å². The fourth-order valence-corrected chi connectivity index (χ4v) is 1.63. The van der Waals surface area contributed by atoms with E-state index in [9.17, 15) is 9.59 Å². The number of nitrogens with zero attached hydrogens (tertiary/aromatic N) is 1. The van der Waals surface area contributed by atoms with E-state index in [1.54, 1.807) is 18.2 Å². The van der Waals surface area contributed by atoms with E-state index in [0.29, 0.717) is 18.2 Å². The van der Waals surface area contributed by atoms with Crippen molar-refractivity contribution in [2.24, 2.45) is 0 Å². The van der Waals surface area contributed by atoms with Crippen molar-refractivity contribution < 1.29 is 19.4 Å². The molecule has 0 spiro atoms. The van der Waals surface area contributed by atoms with Gasteiger partial charge in [-0.3, -0.25) is 4.79 Å². The van der Waals surface area contributed by atoms with Gasteiger partial charge in [-0.25, -0.2) is 9.78 Å². The molecule has 0 unspecified atom stereocenters. The Morgan fingerprint density at radius 1 is 1.29 bits per heavy atom. The minimum absolute atomic E-state index is 0.0989. The summed E-state index contributed by atoms with van der Waals surface area (Å²) in [6.45, 7) is 1.87. The van der Waals surface area contributed by atoms with E-state index in [2.05, 4.69) is 10.3 Å². The second-order valence-electron chi connectivity index (χ2n) is 4.35. The molecule has 2 N–H and O–H groups in total. The molecule has 0 radical (unpaired) electrons. The SMILES string of the molecule is CC(=O)NCc1cccc(Oc2ccc(C(=O)O)cn2)c1. The number of aromatic nitrogens is 1. The fraction of sp³-hybridized carbons (Fsp3) is 0.133. The number of pyridine rings is 1. The van der Waals surface area contributed by atoms with Gasteiger partial charge in [-0.15, -0.1) is 0 Å². The largest absolute Gasteiger partial charge is 0.478 e. The number of hydrogen-bond acceptors (Lipinski definition) is 4. The second kappa shape index (κ2) is 6.51. The van der Waals surface area contributed by atoms with Crippen LogP contribution < -0.4 is 10.1 Å². The third-order valence-corrected chi connectivity index (χ3v) is 2.65. The zero-order chi connectivity index (χ0) is 15.2. The van der Waals surface area contributed by atoms with Crippen LogP contribution >= 0.6 is 0 Å². The number of carboxylic acid groups (broad SMARTS) is 1. The van der Waals surface area contributed by atoms with Gasteiger partial charge in [0.2, 0.25) is 11.8 Å². The van der Waals surface area contributed by atoms with Crippen molar-refractivity contribution in [1.82, 2.24) is 10.3 Å². The van der Waals surface area contributed by atoms with Crippen LogP contribution in [0.2, 0.25) is 0 Å². The van der Waals surface area contributed by atoms with Gasteiger partial charge in [0.25, 0.3) is 0 Å². The third-order valence-electron chi connectivity index (χ3n) is 2.65. The van der Waals surface area contributed by atoms with E-state index in [1.807, 2.05) is 6.07 Å². The van der Waals surface area contributed by atoms with E-state index in [1.165, 1.54) is 25.3 Å². The van der Waals surface area contributed by atoms with Crippen LogP contribution in [0.15, 0.2) is 42.6 Å². The molecule has 6 nitrogen and oxygen atoms in total.